The number of hydrogen-bond acceptors (Lipinski definition) is 2. The molecule has 1 atom stereocenters. The number of halogens is 1. The lowest BCUT2D eigenvalue weighted by atomic mass is 9.87. The first-order chi connectivity index (χ1) is 6.77. The molecule has 1 heterocycles. The summed E-state index contributed by atoms with van der Waals surface area (Å²) in [7, 11) is 1.90. The highest BCUT2D eigenvalue weighted by Crippen LogP contribution is 2.27. The van der Waals surface area contributed by atoms with E-state index in [9.17, 15) is 4.39 Å². The first kappa shape index (κ1) is 9.62. The van der Waals surface area contributed by atoms with Crippen LogP contribution in [-0.2, 0) is 4.74 Å². The molecule has 0 radical (unpaired) electrons. The molecule has 1 N–H and O–H groups in total. The maximum atomic E-state index is 13.0. The van der Waals surface area contributed by atoms with Crippen molar-refractivity contribution in [2.75, 3.05) is 20.3 Å². The van der Waals surface area contributed by atoms with Crippen molar-refractivity contribution in [3.8, 4) is 0 Å². The van der Waals surface area contributed by atoms with Gasteiger partial charge in [-0.05, 0) is 24.8 Å². The van der Waals surface area contributed by atoms with E-state index in [1.807, 2.05) is 19.2 Å². The molecular formula is C11H14FNO. The van der Waals surface area contributed by atoms with Crippen LogP contribution in [-0.4, -0.2) is 32.0 Å². The van der Waals surface area contributed by atoms with Gasteiger partial charge in [0.2, 0.25) is 0 Å². The molecule has 1 fully saturated rings. The van der Waals surface area contributed by atoms with Gasteiger partial charge < -0.3 is 10.1 Å². The Bertz CT molecular complexity index is 297. The number of alkyl halides is 1. The molecule has 0 aromatic heterocycles. The van der Waals surface area contributed by atoms with Crippen LogP contribution in [0.15, 0.2) is 36.0 Å². The van der Waals surface area contributed by atoms with E-state index in [0.717, 1.165) is 5.57 Å². The number of likely N-dealkylation sites (N-methyl/N-ethyl adjacent to an activating group) is 1. The Morgan fingerprint density at radius 2 is 2.29 bits per heavy atom. The monoisotopic (exact) mass is 195 g/mol. The second-order valence-corrected chi connectivity index (χ2v) is 3.64. The van der Waals surface area contributed by atoms with Crippen molar-refractivity contribution in [2.24, 2.45) is 0 Å². The third-order valence-corrected chi connectivity index (χ3v) is 2.76. The average Bonchev–Trinajstić information content (AvgIpc) is 2.31. The predicted molar refractivity (Wildman–Crippen MR) is 53.9 cm³/mol. The molecule has 2 nitrogen and oxygen atoms in total. The van der Waals surface area contributed by atoms with Gasteiger partial charge in [-0.1, -0.05) is 18.2 Å². The maximum Gasteiger partial charge on any atom is 0.137 e. The second-order valence-electron chi connectivity index (χ2n) is 3.64. The summed E-state index contributed by atoms with van der Waals surface area (Å²) in [6.07, 6.45) is 7.66. The predicted octanol–water partition coefficient (Wildman–Crippen LogP) is 1.37. The molecule has 1 unspecified atom stereocenters. The van der Waals surface area contributed by atoms with Crippen LogP contribution in [0.5, 0.6) is 0 Å². The average molecular weight is 195 g/mol. The van der Waals surface area contributed by atoms with Crippen LogP contribution in [0.1, 0.15) is 0 Å². The van der Waals surface area contributed by atoms with Gasteiger partial charge in [-0.25, -0.2) is 4.39 Å². The summed E-state index contributed by atoms with van der Waals surface area (Å²) in [6, 6.07) is 0. The third-order valence-electron chi connectivity index (χ3n) is 2.76. The summed E-state index contributed by atoms with van der Waals surface area (Å²) in [5.41, 5.74) is 0.980. The Labute approximate surface area is 83.1 Å². The molecule has 0 amide bonds. The van der Waals surface area contributed by atoms with Crippen molar-refractivity contribution in [3.05, 3.63) is 36.0 Å². The van der Waals surface area contributed by atoms with E-state index in [1.54, 1.807) is 12.2 Å². The van der Waals surface area contributed by atoms with Crippen molar-refractivity contribution in [2.45, 2.75) is 11.7 Å². The Morgan fingerprint density at radius 3 is 2.86 bits per heavy atom. The molecule has 1 aliphatic carbocycles. The van der Waals surface area contributed by atoms with E-state index < -0.39 is 6.17 Å². The van der Waals surface area contributed by atoms with Gasteiger partial charge in [0.05, 0.1) is 18.8 Å². The fourth-order valence-electron chi connectivity index (χ4n) is 1.66. The van der Waals surface area contributed by atoms with Gasteiger partial charge in [0.25, 0.3) is 0 Å². The SMILES string of the molecule is CNC1(C2=CC=CC(F)C=C2)COC1. The third kappa shape index (κ3) is 1.53. The smallest absolute Gasteiger partial charge is 0.137 e. The van der Waals surface area contributed by atoms with E-state index in [0.29, 0.717) is 13.2 Å². The van der Waals surface area contributed by atoms with Crippen molar-refractivity contribution in [1.29, 1.82) is 0 Å². The summed E-state index contributed by atoms with van der Waals surface area (Å²) < 4.78 is 18.2. The lowest BCUT2D eigenvalue weighted by Gasteiger charge is -2.42. The Balaban J connectivity index is 2.21. The summed E-state index contributed by atoms with van der Waals surface area (Å²) in [6.45, 7) is 1.31. The van der Waals surface area contributed by atoms with Crippen molar-refractivity contribution in [1.82, 2.24) is 5.32 Å². The topological polar surface area (TPSA) is 21.3 Å². The summed E-state index contributed by atoms with van der Waals surface area (Å²) in [5.74, 6) is 0. The van der Waals surface area contributed by atoms with Crippen LogP contribution in [0.25, 0.3) is 0 Å². The van der Waals surface area contributed by atoms with Crippen molar-refractivity contribution < 1.29 is 9.13 Å². The number of allylic oxidation sites excluding steroid dienone is 4. The zero-order valence-electron chi connectivity index (χ0n) is 8.16. The minimum Gasteiger partial charge on any atom is -0.377 e. The normalized spacial score (nSPS) is 29.3. The summed E-state index contributed by atoms with van der Waals surface area (Å²) in [4.78, 5) is 0. The van der Waals surface area contributed by atoms with E-state index in [4.69, 9.17) is 4.74 Å². The highest BCUT2D eigenvalue weighted by atomic mass is 19.1. The zero-order valence-corrected chi connectivity index (χ0v) is 8.16. The molecule has 76 valence electrons. The van der Waals surface area contributed by atoms with Crippen molar-refractivity contribution in [3.63, 3.8) is 0 Å². The fourth-order valence-corrected chi connectivity index (χ4v) is 1.66. The lowest BCUT2D eigenvalue weighted by molar-refractivity contribution is -0.0485. The van der Waals surface area contributed by atoms with E-state index >= 15 is 0 Å². The minimum absolute atomic E-state index is 0.106. The molecule has 0 spiro atoms. The lowest BCUT2D eigenvalue weighted by Crippen LogP contribution is -2.60. The highest BCUT2D eigenvalue weighted by molar-refractivity contribution is 5.39. The van der Waals surface area contributed by atoms with Gasteiger partial charge in [0, 0.05) is 0 Å². The van der Waals surface area contributed by atoms with Crippen LogP contribution in [0, 0.1) is 0 Å². The summed E-state index contributed by atoms with van der Waals surface area (Å²) >= 11 is 0. The van der Waals surface area contributed by atoms with Crippen LogP contribution < -0.4 is 5.32 Å². The minimum atomic E-state index is -0.973. The molecule has 1 saturated heterocycles. The van der Waals surface area contributed by atoms with E-state index in [2.05, 4.69) is 5.32 Å². The molecule has 0 saturated carbocycles. The Morgan fingerprint density at radius 1 is 1.50 bits per heavy atom. The van der Waals surface area contributed by atoms with Gasteiger partial charge in [-0.2, -0.15) is 0 Å². The Hall–Kier alpha value is -0.930. The van der Waals surface area contributed by atoms with Gasteiger partial charge >= 0.3 is 0 Å². The molecule has 1 aliphatic heterocycles. The van der Waals surface area contributed by atoms with Gasteiger partial charge in [0.1, 0.15) is 6.17 Å². The van der Waals surface area contributed by atoms with Crippen molar-refractivity contribution >= 4 is 0 Å². The molecule has 2 rings (SSSR count). The number of nitrogens with one attached hydrogen (secondary N) is 1. The van der Waals surface area contributed by atoms with Crippen LogP contribution in [0.3, 0.4) is 0 Å². The fraction of sp³-hybridized carbons (Fsp3) is 0.455. The first-order valence-electron chi connectivity index (χ1n) is 4.75. The van der Waals surface area contributed by atoms with Gasteiger partial charge in [-0.3, -0.25) is 0 Å². The van der Waals surface area contributed by atoms with Crippen LogP contribution in [0.4, 0.5) is 4.39 Å². The maximum absolute atomic E-state index is 13.0. The number of rotatable bonds is 2. The Kier molecular flexibility index (Phi) is 2.52. The van der Waals surface area contributed by atoms with Gasteiger partial charge in [0.15, 0.2) is 0 Å². The van der Waals surface area contributed by atoms with Crippen LogP contribution in [0.2, 0.25) is 0 Å². The first-order valence-corrected chi connectivity index (χ1v) is 4.75. The quantitative estimate of drug-likeness (QED) is 0.718. The molecular weight excluding hydrogens is 181 g/mol. The molecule has 0 aromatic rings. The highest BCUT2D eigenvalue weighted by Gasteiger charge is 2.39. The van der Waals surface area contributed by atoms with E-state index in [-0.39, 0.29) is 5.54 Å². The second kappa shape index (κ2) is 3.67. The number of hydrogen-bond donors (Lipinski definition) is 1. The standard InChI is InChI=1S/C11H14FNO/c1-13-11(7-14-8-11)9-3-2-4-10(12)6-5-9/h2-6,10,13H,7-8H2,1H3. The van der Waals surface area contributed by atoms with E-state index in [1.165, 1.54) is 6.08 Å². The number of ether oxygens (including phenoxy) is 1. The van der Waals surface area contributed by atoms with Gasteiger partial charge in [-0.15, -0.1) is 0 Å². The zero-order chi connectivity index (χ0) is 10.0. The largest absolute Gasteiger partial charge is 0.377 e. The molecule has 14 heavy (non-hydrogen) atoms. The van der Waals surface area contributed by atoms with Crippen LogP contribution >= 0.6 is 0 Å². The molecule has 0 bridgehead atoms. The molecule has 2 aliphatic rings. The summed E-state index contributed by atoms with van der Waals surface area (Å²) in [5, 5.41) is 3.23. The molecule has 3 heteroatoms. The molecule has 0 aromatic carbocycles.